The third-order valence-corrected chi connectivity index (χ3v) is 3.32. The Morgan fingerprint density at radius 2 is 1.00 bits per heavy atom. The molecule has 0 aromatic heterocycles. The summed E-state index contributed by atoms with van der Waals surface area (Å²) < 4.78 is 0. The van der Waals surface area contributed by atoms with E-state index in [2.05, 4.69) is 10.9 Å². The Balaban J connectivity index is 1.79. The highest BCUT2D eigenvalue weighted by Crippen LogP contribution is 2.05. The van der Waals surface area contributed by atoms with Gasteiger partial charge in [0.05, 0.1) is 0 Å². The quantitative estimate of drug-likeness (QED) is 0.671. The van der Waals surface area contributed by atoms with Crippen LogP contribution in [0.15, 0.2) is 60.7 Å². The SMILES string of the molecule is Cc1ccc(/C=C/C(=O)NNC(=O)/C=C/c2ccc(C)cc2)cc1. The molecule has 0 aliphatic carbocycles. The van der Waals surface area contributed by atoms with Gasteiger partial charge >= 0.3 is 0 Å². The molecular formula is C20H20N2O2. The Morgan fingerprint density at radius 1 is 0.667 bits per heavy atom. The lowest BCUT2D eigenvalue weighted by Gasteiger charge is -2.02. The molecule has 0 radical (unpaired) electrons. The van der Waals surface area contributed by atoms with Crippen LogP contribution in [0.3, 0.4) is 0 Å². The van der Waals surface area contributed by atoms with Crippen LogP contribution in [-0.4, -0.2) is 11.8 Å². The zero-order chi connectivity index (χ0) is 17.4. The largest absolute Gasteiger partial charge is 0.268 e. The molecule has 0 saturated heterocycles. The number of nitrogens with one attached hydrogen (secondary N) is 2. The minimum absolute atomic E-state index is 0.396. The van der Waals surface area contributed by atoms with Gasteiger partial charge in [-0.1, -0.05) is 59.7 Å². The van der Waals surface area contributed by atoms with Gasteiger partial charge in [0.25, 0.3) is 11.8 Å². The molecule has 2 N–H and O–H groups in total. The number of hydrazine groups is 1. The standard InChI is InChI=1S/C20H20N2O2/c1-15-3-7-17(8-4-15)11-13-19(23)21-22-20(24)14-12-18-9-5-16(2)6-10-18/h3-14H,1-2H3,(H,21,23)(H,22,24)/b13-11+,14-12+. The summed E-state index contributed by atoms with van der Waals surface area (Å²) in [4.78, 5) is 23.3. The number of benzene rings is 2. The first-order valence-electron chi connectivity index (χ1n) is 7.62. The van der Waals surface area contributed by atoms with Crippen molar-refractivity contribution in [1.29, 1.82) is 0 Å². The van der Waals surface area contributed by atoms with Crippen molar-refractivity contribution in [3.05, 3.63) is 82.9 Å². The monoisotopic (exact) mass is 320 g/mol. The fourth-order valence-electron chi connectivity index (χ4n) is 1.91. The van der Waals surface area contributed by atoms with E-state index in [0.29, 0.717) is 0 Å². The summed E-state index contributed by atoms with van der Waals surface area (Å²) in [6, 6.07) is 15.5. The molecular weight excluding hydrogens is 300 g/mol. The molecule has 0 aliphatic heterocycles. The maximum Gasteiger partial charge on any atom is 0.262 e. The number of hydrogen-bond donors (Lipinski definition) is 2. The first-order valence-corrected chi connectivity index (χ1v) is 7.62. The Labute approximate surface area is 141 Å². The lowest BCUT2D eigenvalue weighted by molar-refractivity contribution is -0.123. The van der Waals surface area contributed by atoms with Gasteiger partial charge in [-0.25, -0.2) is 0 Å². The minimum Gasteiger partial charge on any atom is -0.268 e. The molecule has 0 atom stereocenters. The molecule has 2 aromatic rings. The zero-order valence-electron chi connectivity index (χ0n) is 13.7. The second kappa shape index (κ2) is 8.48. The lowest BCUT2D eigenvalue weighted by atomic mass is 10.1. The van der Waals surface area contributed by atoms with Crippen molar-refractivity contribution < 1.29 is 9.59 Å². The van der Waals surface area contributed by atoms with E-state index < -0.39 is 11.8 Å². The van der Waals surface area contributed by atoms with Crippen LogP contribution in [0.4, 0.5) is 0 Å². The van der Waals surface area contributed by atoms with Crippen molar-refractivity contribution in [2.75, 3.05) is 0 Å². The number of carbonyl (C=O) groups excluding carboxylic acids is 2. The average Bonchev–Trinajstić information content (AvgIpc) is 2.59. The van der Waals surface area contributed by atoms with Crippen LogP contribution in [-0.2, 0) is 9.59 Å². The van der Waals surface area contributed by atoms with Gasteiger partial charge in [0.1, 0.15) is 0 Å². The highest BCUT2D eigenvalue weighted by Gasteiger charge is 1.98. The summed E-state index contributed by atoms with van der Waals surface area (Å²) in [5, 5.41) is 0. The van der Waals surface area contributed by atoms with E-state index in [4.69, 9.17) is 0 Å². The highest BCUT2D eigenvalue weighted by molar-refractivity contribution is 5.96. The predicted molar refractivity (Wildman–Crippen MR) is 96.7 cm³/mol. The maximum absolute atomic E-state index is 11.7. The van der Waals surface area contributed by atoms with Gasteiger partial charge in [-0.15, -0.1) is 0 Å². The Bertz CT molecular complexity index is 690. The molecule has 4 nitrogen and oxygen atoms in total. The van der Waals surface area contributed by atoms with Crippen LogP contribution in [0.25, 0.3) is 12.2 Å². The number of carbonyl (C=O) groups is 2. The molecule has 0 spiro atoms. The van der Waals surface area contributed by atoms with Crippen LogP contribution in [0.5, 0.6) is 0 Å². The summed E-state index contributed by atoms with van der Waals surface area (Å²) in [6.45, 7) is 4.00. The number of amides is 2. The van der Waals surface area contributed by atoms with Crippen molar-refractivity contribution in [2.45, 2.75) is 13.8 Å². The molecule has 0 unspecified atom stereocenters. The molecule has 0 aliphatic rings. The van der Waals surface area contributed by atoms with E-state index in [0.717, 1.165) is 22.3 Å². The Morgan fingerprint density at radius 3 is 1.33 bits per heavy atom. The fourth-order valence-corrected chi connectivity index (χ4v) is 1.91. The minimum atomic E-state index is -0.396. The molecule has 0 fully saturated rings. The third kappa shape index (κ3) is 5.93. The fraction of sp³-hybridized carbons (Fsp3) is 0.100. The van der Waals surface area contributed by atoms with Gasteiger partial charge in [0, 0.05) is 12.2 Å². The smallest absolute Gasteiger partial charge is 0.262 e. The molecule has 2 aromatic carbocycles. The molecule has 2 amide bonds. The summed E-state index contributed by atoms with van der Waals surface area (Å²) in [5.74, 6) is -0.791. The van der Waals surface area contributed by atoms with Crippen molar-refractivity contribution in [1.82, 2.24) is 10.9 Å². The predicted octanol–water partition coefficient (Wildman–Crippen LogP) is 3.18. The van der Waals surface area contributed by atoms with Crippen molar-refractivity contribution in [3.63, 3.8) is 0 Å². The highest BCUT2D eigenvalue weighted by atomic mass is 16.2. The van der Waals surface area contributed by atoms with E-state index in [1.54, 1.807) is 12.2 Å². The van der Waals surface area contributed by atoms with Gasteiger partial charge in [-0.3, -0.25) is 20.4 Å². The first-order chi connectivity index (χ1) is 11.5. The zero-order valence-corrected chi connectivity index (χ0v) is 13.7. The van der Waals surface area contributed by atoms with Crippen LogP contribution >= 0.6 is 0 Å². The topological polar surface area (TPSA) is 58.2 Å². The van der Waals surface area contributed by atoms with Gasteiger partial charge in [0.15, 0.2) is 0 Å². The molecule has 0 heterocycles. The maximum atomic E-state index is 11.7. The Kier molecular flexibility index (Phi) is 6.08. The van der Waals surface area contributed by atoms with Crippen molar-refractivity contribution in [3.8, 4) is 0 Å². The summed E-state index contributed by atoms with van der Waals surface area (Å²) in [7, 11) is 0. The summed E-state index contributed by atoms with van der Waals surface area (Å²) in [6.07, 6.45) is 6.11. The van der Waals surface area contributed by atoms with Gasteiger partial charge in [-0.05, 0) is 37.1 Å². The lowest BCUT2D eigenvalue weighted by Crippen LogP contribution is -2.39. The van der Waals surface area contributed by atoms with E-state index in [-0.39, 0.29) is 0 Å². The molecule has 4 heteroatoms. The molecule has 122 valence electrons. The third-order valence-electron chi connectivity index (χ3n) is 3.32. The van der Waals surface area contributed by atoms with Crippen LogP contribution in [0, 0.1) is 13.8 Å². The van der Waals surface area contributed by atoms with Crippen LogP contribution < -0.4 is 10.9 Å². The van der Waals surface area contributed by atoms with E-state index in [1.807, 2.05) is 62.4 Å². The van der Waals surface area contributed by atoms with E-state index in [9.17, 15) is 9.59 Å². The molecule has 0 saturated carbocycles. The van der Waals surface area contributed by atoms with Crippen LogP contribution in [0.1, 0.15) is 22.3 Å². The average molecular weight is 320 g/mol. The number of rotatable bonds is 4. The van der Waals surface area contributed by atoms with Gasteiger partial charge in [-0.2, -0.15) is 0 Å². The van der Waals surface area contributed by atoms with Gasteiger partial charge < -0.3 is 0 Å². The molecule has 2 rings (SSSR count). The second-order valence-electron chi connectivity index (χ2n) is 5.47. The van der Waals surface area contributed by atoms with E-state index in [1.165, 1.54) is 12.2 Å². The van der Waals surface area contributed by atoms with Gasteiger partial charge in [0.2, 0.25) is 0 Å². The Hall–Kier alpha value is -3.14. The number of hydrogen-bond acceptors (Lipinski definition) is 2. The normalized spacial score (nSPS) is 10.9. The van der Waals surface area contributed by atoms with Crippen LogP contribution in [0.2, 0.25) is 0 Å². The van der Waals surface area contributed by atoms with Crippen molar-refractivity contribution >= 4 is 24.0 Å². The first kappa shape index (κ1) is 17.2. The number of aryl methyl sites for hydroxylation is 2. The molecule has 24 heavy (non-hydrogen) atoms. The molecule has 0 bridgehead atoms. The second-order valence-corrected chi connectivity index (χ2v) is 5.47. The van der Waals surface area contributed by atoms with Crippen molar-refractivity contribution in [2.24, 2.45) is 0 Å². The van der Waals surface area contributed by atoms with E-state index >= 15 is 0 Å². The summed E-state index contributed by atoms with van der Waals surface area (Å²) in [5.41, 5.74) is 8.82. The summed E-state index contributed by atoms with van der Waals surface area (Å²) >= 11 is 0.